The second-order valence-electron chi connectivity index (χ2n) is 10.9. The molecule has 0 aliphatic carbocycles. The van der Waals surface area contributed by atoms with Gasteiger partial charge in [0.05, 0.1) is 39.6 Å². The minimum absolute atomic E-state index is 0.284. The molecule has 2 heterocycles. The van der Waals surface area contributed by atoms with E-state index in [9.17, 15) is 4.79 Å². The zero-order valence-corrected chi connectivity index (χ0v) is 25.2. The summed E-state index contributed by atoms with van der Waals surface area (Å²) < 4.78 is 38.3. The lowest BCUT2D eigenvalue weighted by Gasteiger charge is -2.08. The van der Waals surface area contributed by atoms with Gasteiger partial charge in [-0.25, -0.2) is 4.79 Å². The van der Waals surface area contributed by atoms with Gasteiger partial charge in [0.25, 0.3) is 0 Å². The third-order valence-corrected chi connectivity index (χ3v) is 7.12. The summed E-state index contributed by atoms with van der Waals surface area (Å²) in [5.74, 6) is 1.62. The van der Waals surface area contributed by atoms with E-state index in [4.69, 9.17) is 33.2 Å². The van der Waals surface area contributed by atoms with Crippen LogP contribution >= 0.6 is 0 Å². The molecular formula is C36H42O8. The maximum absolute atomic E-state index is 12.3. The van der Waals surface area contributed by atoms with Crippen molar-refractivity contribution in [1.29, 1.82) is 0 Å². The summed E-state index contributed by atoms with van der Waals surface area (Å²) in [4.78, 5) is 12.3. The summed E-state index contributed by atoms with van der Waals surface area (Å²) in [7, 11) is 0. The van der Waals surface area contributed by atoms with E-state index in [1.807, 2.05) is 36.4 Å². The lowest BCUT2D eigenvalue weighted by Crippen LogP contribution is -2.07. The van der Waals surface area contributed by atoms with Gasteiger partial charge in [-0.3, -0.25) is 0 Å². The van der Waals surface area contributed by atoms with Crippen molar-refractivity contribution in [3.63, 3.8) is 0 Å². The predicted molar refractivity (Wildman–Crippen MR) is 168 cm³/mol. The summed E-state index contributed by atoms with van der Waals surface area (Å²) in [5, 5.41) is 0. The van der Waals surface area contributed by atoms with E-state index >= 15 is 0 Å². The Balaban J connectivity index is 0.950. The van der Waals surface area contributed by atoms with Gasteiger partial charge in [0.2, 0.25) is 0 Å². The standard InChI is InChI=1S/C36H42O8/c37-36(44-33-17-15-32(16-18-33)41-23-5-21-39-25-35-27-43-35)19-8-28-6-9-29(10-7-28)30-11-13-31(14-12-30)40-22-4-2-1-3-20-38-24-34-26-42-34/h6-19,34-35H,1-5,20-27H2/b19-8+. The van der Waals surface area contributed by atoms with Crippen molar-refractivity contribution in [3.05, 3.63) is 84.4 Å². The molecule has 0 N–H and O–H groups in total. The van der Waals surface area contributed by atoms with Gasteiger partial charge in [0.15, 0.2) is 0 Å². The van der Waals surface area contributed by atoms with E-state index in [0.717, 1.165) is 86.7 Å². The molecule has 0 spiro atoms. The van der Waals surface area contributed by atoms with Crippen molar-refractivity contribution in [2.45, 2.75) is 44.3 Å². The molecule has 5 rings (SSSR count). The van der Waals surface area contributed by atoms with Crippen LogP contribution in [-0.4, -0.2) is 71.0 Å². The van der Waals surface area contributed by atoms with Crippen LogP contribution < -0.4 is 14.2 Å². The van der Waals surface area contributed by atoms with Crippen LogP contribution in [0.15, 0.2) is 78.9 Å². The molecule has 3 aromatic carbocycles. The molecule has 0 radical (unpaired) electrons. The van der Waals surface area contributed by atoms with Crippen LogP contribution in [0, 0.1) is 0 Å². The van der Waals surface area contributed by atoms with Crippen LogP contribution in [0.2, 0.25) is 0 Å². The summed E-state index contributed by atoms with van der Waals surface area (Å²) in [6, 6.07) is 23.2. The number of ether oxygens (including phenoxy) is 7. The molecule has 0 saturated carbocycles. The largest absolute Gasteiger partial charge is 0.494 e. The van der Waals surface area contributed by atoms with Crippen LogP contribution in [0.1, 0.15) is 37.7 Å². The Morgan fingerprint density at radius 3 is 1.68 bits per heavy atom. The maximum atomic E-state index is 12.3. The summed E-state index contributed by atoms with van der Waals surface area (Å²) >= 11 is 0. The van der Waals surface area contributed by atoms with Crippen LogP contribution in [0.5, 0.6) is 17.2 Å². The minimum Gasteiger partial charge on any atom is -0.494 e. The Bertz CT molecular complexity index is 1280. The molecule has 2 saturated heterocycles. The van der Waals surface area contributed by atoms with Crippen LogP contribution in [0.3, 0.4) is 0 Å². The third-order valence-electron chi connectivity index (χ3n) is 7.12. The number of benzene rings is 3. The average molecular weight is 603 g/mol. The maximum Gasteiger partial charge on any atom is 0.336 e. The van der Waals surface area contributed by atoms with Crippen molar-refractivity contribution < 1.29 is 38.0 Å². The molecule has 2 aliphatic rings. The van der Waals surface area contributed by atoms with E-state index in [1.165, 1.54) is 6.08 Å². The summed E-state index contributed by atoms with van der Waals surface area (Å²) in [5.41, 5.74) is 3.11. The van der Waals surface area contributed by atoms with Gasteiger partial charge in [0, 0.05) is 25.7 Å². The molecule has 0 amide bonds. The fraction of sp³-hybridized carbons (Fsp3) is 0.417. The Morgan fingerprint density at radius 2 is 1.09 bits per heavy atom. The fourth-order valence-electron chi connectivity index (χ4n) is 4.41. The van der Waals surface area contributed by atoms with Gasteiger partial charge in [-0.15, -0.1) is 0 Å². The second-order valence-corrected chi connectivity index (χ2v) is 10.9. The van der Waals surface area contributed by atoms with Crippen LogP contribution in [-0.2, 0) is 23.7 Å². The molecule has 8 nitrogen and oxygen atoms in total. The molecule has 2 fully saturated rings. The van der Waals surface area contributed by atoms with Crippen molar-refractivity contribution in [3.8, 4) is 28.4 Å². The van der Waals surface area contributed by atoms with Crippen molar-refractivity contribution in [1.82, 2.24) is 0 Å². The molecule has 44 heavy (non-hydrogen) atoms. The molecule has 2 unspecified atom stereocenters. The number of carbonyl (C=O) groups excluding carboxylic acids is 1. The zero-order chi connectivity index (χ0) is 30.2. The van der Waals surface area contributed by atoms with Gasteiger partial charge >= 0.3 is 5.97 Å². The van der Waals surface area contributed by atoms with Crippen molar-refractivity contribution >= 4 is 12.0 Å². The predicted octanol–water partition coefficient (Wildman–Crippen LogP) is 6.51. The van der Waals surface area contributed by atoms with E-state index in [1.54, 1.807) is 30.3 Å². The van der Waals surface area contributed by atoms with Gasteiger partial charge in [0.1, 0.15) is 29.5 Å². The van der Waals surface area contributed by atoms with Crippen LogP contribution in [0.25, 0.3) is 17.2 Å². The highest BCUT2D eigenvalue weighted by molar-refractivity contribution is 5.88. The van der Waals surface area contributed by atoms with Crippen molar-refractivity contribution in [2.75, 3.05) is 52.9 Å². The highest BCUT2D eigenvalue weighted by Crippen LogP contribution is 2.24. The highest BCUT2D eigenvalue weighted by atomic mass is 16.6. The summed E-state index contributed by atoms with van der Waals surface area (Å²) in [6.45, 7) is 5.77. The molecule has 234 valence electrons. The first-order chi connectivity index (χ1) is 21.7. The van der Waals surface area contributed by atoms with E-state index in [-0.39, 0.29) is 6.10 Å². The van der Waals surface area contributed by atoms with Gasteiger partial charge in [-0.1, -0.05) is 42.8 Å². The SMILES string of the molecule is O=C(/C=C/c1ccc(-c2ccc(OCCCCCCOCC3CO3)cc2)cc1)Oc1ccc(OCCCOCC2CO2)cc1. The van der Waals surface area contributed by atoms with Gasteiger partial charge in [-0.05, 0) is 78.4 Å². The minimum atomic E-state index is -0.441. The molecule has 0 bridgehead atoms. The fourth-order valence-corrected chi connectivity index (χ4v) is 4.41. The Hall–Kier alpha value is -3.69. The van der Waals surface area contributed by atoms with E-state index in [0.29, 0.717) is 38.3 Å². The Morgan fingerprint density at radius 1 is 0.614 bits per heavy atom. The number of esters is 1. The smallest absolute Gasteiger partial charge is 0.336 e. The topological polar surface area (TPSA) is 88.3 Å². The van der Waals surface area contributed by atoms with Gasteiger partial charge < -0.3 is 33.2 Å². The lowest BCUT2D eigenvalue weighted by atomic mass is 10.0. The molecular weight excluding hydrogens is 560 g/mol. The molecule has 8 heteroatoms. The number of unbranched alkanes of at least 4 members (excludes halogenated alkanes) is 3. The molecule has 2 aliphatic heterocycles. The number of carbonyl (C=O) groups is 1. The number of epoxide rings is 2. The first-order valence-electron chi connectivity index (χ1n) is 15.6. The Labute approximate surface area is 259 Å². The average Bonchev–Trinajstić information content (AvgIpc) is 3.99. The monoisotopic (exact) mass is 602 g/mol. The first kappa shape index (κ1) is 31.7. The molecule has 3 aromatic rings. The summed E-state index contributed by atoms with van der Waals surface area (Å²) in [6.07, 6.45) is 9.00. The van der Waals surface area contributed by atoms with E-state index < -0.39 is 5.97 Å². The van der Waals surface area contributed by atoms with E-state index in [2.05, 4.69) is 12.1 Å². The normalized spacial score (nSPS) is 17.0. The highest BCUT2D eigenvalue weighted by Gasteiger charge is 2.22. The first-order valence-corrected chi connectivity index (χ1v) is 15.6. The van der Waals surface area contributed by atoms with Crippen LogP contribution in [0.4, 0.5) is 0 Å². The zero-order valence-electron chi connectivity index (χ0n) is 25.2. The third kappa shape index (κ3) is 12.1. The molecule has 2 atom stereocenters. The molecule has 0 aromatic heterocycles. The number of hydrogen-bond acceptors (Lipinski definition) is 8. The quantitative estimate of drug-likeness (QED) is 0.0448. The second kappa shape index (κ2) is 17.6. The van der Waals surface area contributed by atoms with Gasteiger partial charge in [-0.2, -0.15) is 0 Å². The lowest BCUT2D eigenvalue weighted by molar-refractivity contribution is -0.128. The number of hydrogen-bond donors (Lipinski definition) is 0. The number of rotatable bonds is 21. The van der Waals surface area contributed by atoms with Crippen molar-refractivity contribution in [2.24, 2.45) is 0 Å². The Kier molecular flexibility index (Phi) is 12.7.